The maximum absolute atomic E-state index is 14.6. The second-order valence-corrected chi connectivity index (χ2v) is 17.9. The Morgan fingerprint density at radius 3 is 2.55 bits per heavy atom. The van der Waals surface area contributed by atoms with Crippen LogP contribution in [0.2, 0.25) is 0 Å². The first kappa shape index (κ1) is 35.6. The number of amides is 3. The largest absolute Gasteiger partial charge is 0.492 e. The molecule has 3 N–H and O–H groups in total. The van der Waals surface area contributed by atoms with E-state index in [0.717, 1.165) is 57.8 Å². The zero-order valence-corrected chi connectivity index (χ0v) is 31.3. The van der Waals surface area contributed by atoms with Crippen LogP contribution >= 0.6 is 0 Å². The van der Waals surface area contributed by atoms with E-state index in [0.29, 0.717) is 24.3 Å². The number of oxazole rings is 1. The number of para-hydroxylation sites is 3. The minimum atomic E-state index is -4.32. The Balaban J connectivity index is 1.04. The zero-order valence-electron chi connectivity index (χ0n) is 30.4. The lowest BCUT2D eigenvalue weighted by Crippen LogP contribution is -2.54. The second-order valence-electron chi connectivity index (χ2n) is 16.2. The number of carbonyl (C=O) groups excluding carboxylic acids is 3. The second kappa shape index (κ2) is 13.5. The summed E-state index contributed by atoms with van der Waals surface area (Å²) in [6, 6.07) is 13.4. The van der Waals surface area contributed by atoms with E-state index >= 15 is 0 Å². The number of nitrogens with zero attached hydrogens (tertiary/aromatic N) is 2. The number of rotatable bonds is 6. The van der Waals surface area contributed by atoms with Crippen molar-refractivity contribution in [3.63, 3.8) is 0 Å². The number of hydrogen-bond donors (Lipinski definition) is 3. The van der Waals surface area contributed by atoms with Gasteiger partial charge in [-0.25, -0.2) is 13.1 Å². The van der Waals surface area contributed by atoms with Crippen LogP contribution in [0.15, 0.2) is 70.0 Å². The van der Waals surface area contributed by atoms with Crippen LogP contribution in [0.4, 0.5) is 6.01 Å². The number of fused-ring (bicyclic) bond motifs is 4. The van der Waals surface area contributed by atoms with Crippen molar-refractivity contribution in [3.05, 3.63) is 60.7 Å². The molecule has 0 radical (unpaired) electrons. The third-order valence-corrected chi connectivity index (χ3v) is 14.0. The molecule has 1 unspecified atom stereocenters. The van der Waals surface area contributed by atoms with Crippen LogP contribution in [0.3, 0.4) is 0 Å². The molecular formula is C40H49N5O7S. The SMILES string of the molecule is CC(C)C(Nc1nc2ccccc2o1)C(=O)N1C[C@H](C(=O)N[C@]23C[C@H]2/C=C\CCCCCCOc2ccccc2S(=O)(=O)NC3=O)[C@]2(C1)CC21CCC1. The lowest BCUT2D eigenvalue weighted by molar-refractivity contribution is -0.134. The highest BCUT2D eigenvalue weighted by Gasteiger charge is 2.77. The van der Waals surface area contributed by atoms with Gasteiger partial charge in [-0.1, -0.05) is 69.5 Å². The molecule has 13 heteroatoms. The topological polar surface area (TPSA) is 160 Å². The number of sulfonamides is 1. The van der Waals surface area contributed by atoms with E-state index in [1.807, 2.05) is 50.3 Å². The number of nitrogens with one attached hydrogen (secondary N) is 3. The third-order valence-electron chi connectivity index (χ3n) is 12.6. The van der Waals surface area contributed by atoms with Gasteiger partial charge in [0.15, 0.2) is 5.58 Å². The summed E-state index contributed by atoms with van der Waals surface area (Å²) in [6.07, 6.45) is 12.8. The summed E-state index contributed by atoms with van der Waals surface area (Å²) in [7, 11) is -4.32. The van der Waals surface area contributed by atoms with Gasteiger partial charge in [-0.05, 0) is 80.5 Å². The van der Waals surface area contributed by atoms with Crippen LogP contribution in [-0.4, -0.2) is 67.3 Å². The summed E-state index contributed by atoms with van der Waals surface area (Å²) in [5, 5.41) is 6.33. The molecule has 3 amide bonds. The molecule has 2 spiro atoms. The van der Waals surface area contributed by atoms with Crippen molar-refractivity contribution in [2.24, 2.45) is 28.6 Å². The average molecular weight is 744 g/mol. The van der Waals surface area contributed by atoms with Crippen molar-refractivity contribution >= 4 is 44.9 Å². The number of hydrogen-bond acceptors (Lipinski definition) is 9. The van der Waals surface area contributed by atoms with E-state index < -0.39 is 38.8 Å². The normalized spacial score (nSPS) is 30.0. The first-order chi connectivity index (χ1) is 25.5. The van der Waals surface area contributed by atoms with Crippen molar-refractivity contribution in [1.29, 1.82) is 0 Å². The standard InChI is InChI=1S/C40H49N5O7S/c1-26(2)33(42-37-41-29-15-8-9-16-30(29)52-37)35(47)45-23-28(39(25-45)24-38(39)19-13-20-38)34(46)43-40-22-27(40)14-7-5-3-4-6-12-21-51-31-17-10-11-18-32(31)53(49,50)44-36(40)48/h7-11,14-18,26-28,33H,3-6,12-13,19-25H2,1-2H3,(H,41,42)(H,43,46)(H,44,48)/b14-7-/t27-,28-,33?,39-,40-/m1/s1. The third kappa shape index (κ3) is 6.38. The average Bonchev–Trinajstić information content (AvgIpc) is 3.86. The molecule has 3 heterocycles. The number of anilines is 1. The van der Waals surface area contributed by atoms with Crippen LogP contribution < -0.4 is 20.1 Å². The number of benzene rings is 2. The van der Waals surface area contributed by atoms with Crippen molar-refractivity contribution in [3.8, 4) is 5.75 Å². The maximum Gasteiger partial charge on any atom is 0.296 e. The predicted molar refractivity (Wildman–Crippen MR) is 198 cm³/mol. The molecular weight excluding hydrogens is 695 g/mol. The lowest BCUT2D eigenvalue weighted by atomic mass is 9.71. The van der Waals surface area contributed by atoms with E-state index in [-0.39, 0.29) is 58.7 Å². The minimum absolute atomic E-state index is 0.00138. The fourth-order valence-electron chi connectivity index (χ4n) is 9.25. The molecule has 3 saturated carbocycles. The van der Waals surface area contributed by atoms with Gasteiger partial charge in [0.25, 0.3) is 21.9 Å². The van der Waals surface area contributed by atoms with Crippen LogP contribution in [0, 0.1) is 28.6 Å². The molecule has 3 aliphatic carbocycles. The molecule has 1 aromatic heterocycles. The zero-order chi connectivity index (χ0) is 37.0. The molecule has 12 nitrogen and oxygen atoms in total. The highest BCUT2D eigenvalue weighted by molar-refractivity contribution is 7.90. The highest BCUT2D eigenvalue weighted by Crippen LogP contribution is 2.78. The Labute approximate surface area is 310 Å². The summed E-state index contributed by atoms with van der Waals surface area (Å²) in [6.45, 7) is 4.97. The van der Waals surface area contributed by atoms with Crippen LogP contribution in [0.25, 0.3) is 11.1 Å². The molecule has 53 heavy (non-hydrogen) atoms. The Hall–Kier alpha value is -4.39. The molecule has 1 saturated heterocycles. The Bertz CT molecular complexity index is 2020. The quantitative estimate of drug-likeness (QED) is 0.275. The molecule has 5 atom stereocenters. The van der Waals surface area contributed by atoms with Gasteiger partial charge in [-0.2, -0.15) is 4.98 Å². The summed E-state index contributed by atoms with van der Waals surface area (Å²) in [5.74, 6) is -2.01. The van der Waals surface area contributed by atoms with E-state index in [4.69, 9.17) is 9.15 Å². The first-order valence-corrected chi connectivity index (χ1v) is 20.6. The van der Waals surface area contributed by atoms with Crippen LogP contribution in [0.5, 0.6) is 5.75 Å². The van der Waals surface area contributed by atoms with Crippen molar-refractivity contribution in [2.75, 3.05) is 25.0 Å². The molecule has 2 aliphatic heterocycles. The molecule has 2 aromatic carbocycles. The van der Waals surface area contributed by atoms with Gasteiger partial charge >= 0.3 is 0 Å². The fraction of sp³-hybridized carbons (Fsp3) is 0.550. The Morgan fingerprint density at radius 1 is 1.02 bits per heavy atom. The van der Waals surface area contributed by atoms with E-state index in [1.54, 1.807) is 23.1 Å². The van der Waals surface area contributed by atoms with Crippen LogP contribution in [-0.2, 0) is 24.4 Å². The van der Waals surface area contributed by atoms with Gasteiger partial charge in [-0.15, -0.1) is 0 Å². The van der Waals surface area contributed by atoms with Crippen molar-refractivity contribution < 1.29 is 32.0 Å². The Kier molecular flexibility index (Phi) is 9.06. The van der Waals surface area contributed by atoms with Gasteiger partial charge < -0.3 is 24.7 Å². The van der Waals surface area contributed by atoms with Gasteiger partial charge in [0.05, 0.1) is 12.5 Å². The summed E-state index contributed by atoms with van der Waals surface area (Å²) in [5.41, 5.74) is -0.502. The first-order valence-electron chi connectivity index (χ1n) is 19.2. The van der Waals surface area contributed by atoms with E-state index in [1.165, 1.54) is 6.07 Å². The summed E-state index contributed by atoms with van der Waals surface area (Å²) < 4.78 is 41.5. The minimum Gasteiger partial charge on any atom is -0.492 e. The Morgan fingerprint density at radius 2 is 1.79 bits per heavy atom. The molecule has 4 fully saturated rings. The van der Waals surface area contributed by atoms with Gasteiger partial charge in [-0.3, -0.25) is 14.4 Å². The number of carbonyl (C=O) groups is 3. The number of likely N-dealkylation sites (tertiary alicyclic amines) is 1. The fourth-order valence-corrected chi connectivity index (χ4v) is 10.4. The smallest absolute Gasteiger partial charge is 0.296 e. The summed E-state index contributed by atoms with van der Waals surface area (Å²) >= 11 is 0. The van der Waals surface area contributed by atoms with Crippen molar-refractivity contribution in [2.45, 2.75) is 94.5 Å². The highest BCUT2D eigenvalue weighted by atomic mass is 32.2. The molecule has 5 aliphatic rings. The van der Waals surface area contributed by atoms with Crippen LogP contribution in [0.1, 0.15) is 78.1 Å². The summed E-state index contributed by atoms with van der Waals surface area (Å²) in [4.78, 5) is 49.3. The van der Waals surface area contributed by atoms with E-state index in [2.05, 4.69) is 20.3 Å². The molecule has 3 aromatic rings. The number of allylic oxidation sites excluding steroid dienone is 1. The maximum atomic E-state index is 14.6. The van der Waals surface area contributed by atoms with E-state index in [9.17, 15) is 22.8 Å². The van der Waals surface area contributed by atoms with Gasteiger partial charge in [0.1, 0.15) is 27.7 Å². The molecule has 8 rings (SSSR count). The predicted octanol–water partition coefficient (Wildman–Crippen LogP) is 5.56. The van der Waals surface area contributed by atoms with Gasteiger partial charge in [0.2, 0.25) is 11.8 Å². The lowest BCUT2D eigenvalue weighted by Gasteiger charge is -2.34. The monoisotopic (exact) mass is 743 g/mol. The molecule has 0 bridgehead atoms. The van der Waals surface area contributed by atoms with Gasteiger partial charge in [0, 0.05) is 24.4 Å². The number of aromatic nitrogens is 1. The molecule has 282 valence electrons. The number of ether oxygens (including phenoxy) is 1. The van der Waals surface area contributed by atoms with Crippen molar-refractivity contribution in [1.82, 2.24) is 19.9 Å².